The fourth-order valence-electron chi connectivity index (χ4n) is 3.77. The molecule has 0 amide bonds. The van der Waals surface area contributed by atoms with Crippen LogP contribution in [0.4, 0.5) is 0 Å². The van der Waals surface area contributed by atoms with Crippen molar-refractivity contribution in [2.24, 2.45) is 0 Å². The number of rotatable bonds is 6. The van der Waals surface area contributed by atoms with Crippen LogP contribution in [0.3, 0.4) is 0 Å². The van der Waals surface area contributed by atoms with Crippen molar-refractivity contribution in [1.82, 2.24) is 0 Å². The number of benzene rings is 2. The summed E-state index contributed by atoms with van der Waals surface area (Å²) in [5, 5.41) is 31.7. The minimum atomic E-state index is -0.991. The van der Waals surface area contributed by atoms with E-state index in [1.54, 1.807) is 12.1 Å². The number of Topliss-reactive ketones (excluding diaryl/α,β-unsaturated/α-hetero) is 1. The van der Waals surface area contributed by atoms with E-state index in [0.29, 0.717) is 17.5 Å². The molecule has 0 bridgehead atoms. The van der Waals surface area contributed by atoms with Gasteiger partial charge in [-0.15, -0.1) is 0 Å². The van der Waals surface area contributed by atoms with Gasteiger partial charge in [0.1, 0.15) is 28.6 Å². The summed E-state index contributed by atoms with van der Waals surface area (Å²) in [5.74, 6) is -0.527. The summed E-state index contributed by atoms with van der Waals surface area (Å²) in [7, 11) is 1.41. The number of ketones is 1. The number of allylic oxidation sites excluding steroid dienone is 4. The number of aromatic hydroxyl groups is 3. The molecule has 0 fully saturated rings. The second-order valence-corrected chi connectivity index (χ2v) is 8.48. The molecule has 1 aliphatic rings. The highest BCUT2D eigenvalue weighted by Gasteiger charge is 2.43. The zero-order valence-corrected chi connectivity index (χ0v) is 19.1. The van der Waals surface area contributed by atoms with Crippen molar-refractivity contribution in [3.05, 3.63) is 69.8 Å². The molecule has 6 heteroatoms. The van der Waals surface area contributed by atoms with Gasteiger partial charge in [0.25, 0.3) is 0 Å². The average Bonchev–Trinajstić information content (AvgIpc) is 2.73. The normalized spacial score (nSPS) is 17.3. The van der Waals surface area contributed by atoms with Gasteiger partial charge in [-0.25, -0.2) is 0 Å². The van der Waals surface area contributed by atoms with E-state index in [1.807, 2.05) is 39.8 Å². The second kappa shape index (κ2) is 9.49. The van der Waals surface area contributed by atoms with Gasteiger partial charge in [-0.1, -0.05) is 35.4 Å². The molecule has 0 saturated heterocycles. The number of ether oxygens (including phenoxy) is 2. The van der Waals surface area contributed by atoms with Crippen LogP contribution < -0.4 is 4.74 Å². The van der Waals surface area contributed by atoms with Gasteiger partial charge >= 0.3 is 0 Å². The second-order valence-electron chi connectivity index (χ2n) is 8.48. The quantitative estimate of drug-likeness (QED) is 0.540. The molecule has 3 rings (SSSR count). The third-order valence-electron chi connectivity index (χ3n) is 5.52. The van der Waals surface area contributed by atoms with E-state index in [4.69, 9.17) is 9.47 Å². The molecule has 3 N–H and O–H groups in total. The lowest BCUT2D eigenvalue weighted by Crippen LogP contribution is -2.38. The topological polar surface area (TPSA) is 96.2 Å². The Morgan fingerprint density at radius 1 is 0.938 bits per heavy atom. The molecule has 0 aliphatic carbocycles. The Labute approximate surface area is 188 Å². The standard InChI is InChI=1S/C26H30O6/c1-14(2)6-12-18-21(28)19(13-7-15(3)4)25-20(22(18)29)23(30)26(31-5)24(32-25)16-8-10-17(27)11-9-16/h6-11,24,26-29H,12-13H2,1-5H3/t24-,26+/m1/s1. The molecule has 170 valence electrons. The highest BCUT2D eigenvalue weighted by Crippen LogP contribution is 2.49. The summed E-state index contributed by atoms with van der Waals surface area (Å²) in [6.45, 7) is 7.74. The molecule has 2 aromatic carbocycles. The lowest BCUT2D eigenvalue weighted by atomic mass is 9.87. The summed E-state index contributed by atoms with van der Waals surface area (Å²) in [5.41, 5.74) is 3.47. The Hall–Kier alpha value is -3.25. The fraction of sp³-hybridized carbons (Fsp3) is 0.346. The van der Waals surface area contributed by atoms with Crippen LogP contribution in [-0.4, -0.2) is 34.3 Å². The first-order valence-electron chi connectivity index (χ1n) is 10.5. The SMILES string of the molecule is CO[C@H]1C(=O)c2c(O)c(CC=C(C)C)c(O)c(CC=C(C)C)c2O[C@@H]1c1ccc(O)cc1. The van der Waals surface area contributed by atoms with Gasteiger partial charge in [-0.05, 0) is 58.2 Å². The van der Waals surface area contributed by atoms with Gasteiger partial charge in [0, 0.05) is 18.2 Å². The molecule has 1 aliphatic heterocycles. The van der Waals surface area contributed by atoms with Crippen molar-refractivity contribution in [2.45, 2.75) is 52.7 Å². The van der Waals surface area contributed by atoms with Crippen LogP contribution in [0.1, 0.15) is 60.8 Å². The zero-order valence-electron chi connectivity index (χ0n) is 19.1. The predicted octanol–water partition coefficient (Wildman–Crippen LogP) is 5.15. The minimum absolute atomic E-state index is 0.0268. The molecule has 0 aromatic heterocycles. The van der Waals surface area contributed by atoms with Gasteiger partial charge in [0.2, 0.25) is 5.78 Å². The maximum Gasteiger partial charge on any atom is 0.203 e. The number of phenols is 3. The van der Waals surface area contributed by atoms with Gasteiger partial charge in [0.15, 0.2) is 12.2 Å². The number of fused-ring (bicyclic) bond motifs is 1. The van der Waals surface area contributed by atoms with Gasteiger partial charge in [0.05, 0.1) is 0 Å². The summed E-state index contributed by atoms with van der Waals surface area (Å²) in [6.07, 6.45) is 2.65. The molecule has 0 spiro atoms. The van der Waals surface area contributed by atoms with Crippen LogP contribution in [-0.2, 0) is 17.6 Å². The first kappa shape index (κ1) is 23.4. The fourth-order valence-corrected chi connectivity index (χ4v) is 3.77. The maximum absolute atomic E-state index is 13.5. The minimum Gasteiger partial charge on any atom is -0.508 e. The Balaban J connectivity index is 2.24. The highest BCUT2D eigenvalue weighted by atomic mass is 16.5. The summed E-state index contributed by atoms with van der Waals surface area (Å²) < 4.78 is 11.7. The van der Waals surface area contributed by atoms with Crippen molar-refractivity contribution in [2.75, 3.05) is 7.11 Å². The van der Waals surface area contributed by atoms with Gasteiger partial charge in [-0.3, -0.25) is 4.79 Å². The van der Waals surface area contributed by atoms with Crippen LogP contribution in [0.25, 0.3) is 0 Å². The van der Waals surface area contributed by atoms with E-state index >= 15 is 0 Å². The molecule has 0 saturated carbocycles. The number of phenolic OH excluding ortho intramolecular Hbond substituents is 3. The summed E-state index contributed by atoms with van der Waals surface area (Å²) >= 11 is 0. The highest BCUT2D eigenvalue weighted by molar-refractivity contribution is 6.07. The largest absolute Gasteiger partial charge is 0.508 e. The Morgan fingerprint density at radius 2 is 1.50 bits per heavy atom. The van der Waals surface area contributed by atoms with Crippen molar-refractivity contribution >= 4 is 5.78 Å². The summed E-state index contributed by atoms with van der Waals surface area (Å²) in [6, 6.07) is 6.33. The number of carbonyl (C=O) groups is 1. The monoisotopic (exact) mass is 438 g/mol. The lowest BCUT2D eigenvalue weighted by molar-refractivity contribution is -0.00150. The number of carbonyl (C=O) groups excluding carboxylic acids is 1. The molecular formula is C26H30O6. The Morgan fingerprint density at radius 3 is 2.03 bits per heavy atom. The molecule has 0 unspecified atom stereocenters. The van der Waals surface area contributed by atoms with E-state index < -0.39 is 18.0 Å². The molecule has 6 nitrogen and oxygen atoms in total. The maximum atomic E-state index is 13.5. The van der Waals surface area contributed by atoms with Gasteiger partial charge in [-0.2, -0.15) is 0 Å². The lowest BCUT2D eigenvalue weighted by Gasteiger charge is -2.34. The summed E-state index contributed by atoms with van der Waals surface area (Å²) in [4.78, 5) is 13.5. The first-order valence-corrected chi connectivity index (χ1v) is 10.5. The van der Waals surface area contributed by atoms with Crippen molar-refractivity contribution in [1.29, 1.82) is 0 Å². The van der Waals surface area contributed by atoms with Crippen LogP contribution in [0.15, 0.2) is 47.6 Å². The first-order chi connectivity index (χ1) is 15.1. The number of hydrogen-bond donors (Lipinski definition) is 3. The van der Waals surface area contributed by atoms with E-state index in [2.05, 4.69) is 0 Å². The van der Waals surface area contributed by atoms with Crippen LogP contribution >= 0.6 is 0 Å². The van der Waals surface area contributed by atoms with Crippen LogP contribution in [0.2, 0.25) is 0 Å². The van der Waals surface area contributed by atoms with E-state index in [-0.39, 0.29) is 40.5 Å². The van der Waals surface area contributed by atoms with Crippen molar-refractivity contribution in [3.8, 4) is 23.0 Å². The Bertz CT molecular complexity index is 1070. The molecular weight excluding hydrogens is 408 g/mol. The van der Waals surface area contributed by atoms with Crippen LogP contribution in [0.5, 0.6) is 23.0 Å². The molecule has 0 radical (unpaired) electrons. The van der Waals surface area contributed by atoms with Crippen molar-refractivity contribution < 1.29 is 29.6 Å². The third-order valence-corrected chi connectivity index (χ3v) is 5.52. The van der Waals surface area contributed by atoms with E-state index in [9.17, 15) is 20.1 Å². The molecule has 32 heavy (non-hydrogen) atoms. The Kier molecular flexibility index (Phi) is 6.94. The average molecular weight is 439 g/mol. The molecule has 1 heterocycles. The zero-order chi connectivity index (χ0) is 23.6. The van der Waals surface area contributed by atoms with Gasteiger partial charge < -0.3 is 24.8 Å². The molecule has 2 atom stereocenters. The van der Waals surface area contributed by atoms with E-state index in [1.165, 1.54) is 19.2 Å². The molecule has 2 aromatic rings. The number of hydrogen-bond acceptors (Lipinski definition) is 6. The third kappa shape index (κ3) is 4.50. The van der Waals surface area contributed by atoms with Crippen LogP contribution in [0, 0.1) is 0 Å². The van der Waals surface area contributed by atoms with E-state index in [0.717, 1.165) is 11.1 Å². The predicted molar refractivity (Wildman–Crippen MR) is 123 cm³/mol. The smallest absolute Gasteiger partial charge is 0.203 e. The number of methoxy groups -OCH3 is 1. The van der Waals surface area contributed by atoms with Crippen molar-refractivity contribution in [3.63, 3.8) is 0 Å².